The summed E-state index contributed by atoms with van der Waals surface area (Å²) < 4.78 is 13.0. The molecule has 2 atom stereocenters. The van der Waals surface area contributed by atoms with Crippen molar-refractivity contribution in [1.29, 1.82) is 0 Å². The Balaban J connectivity index is 1.59. The maximum Gasteiger partial charge on any atom is 0.224 e. The van der Waals surface area contributed by atoms with E-state index in [-0.39, 0.29) is 36.0 Å². The zero-order chi connectivity index (χ0) is 16.7. The molecule has 23 heavy (non-hydrogen) atoms. The van der Waals surface area contributed by atoms with E-state index in [9.17, 15) is 14.0 Å². The highest BCUT2D eigenvalue weighted by Crippen LogP contribution is 2.26. The van der Waals surface area contributed by atoms with Crippen molar-refractivity contribution in [3.05, 3.63) is 35.6 Å². The molecule has 6 heteroatoms. The highest BCUT2D eigenvalue weighted by molar-refractivity contribution is 5.79. The predicted octanol–water partition coefficient (Wildman–Crippen LogP) is 1.12. The van der Waals surface area contributed by atoms with Crippen LogP contribution in [0.1, 0.15) is 31.2 Å². The monoisotopic (exact) mass is 321 g/mol. The fourth-order valence-corrected chi connectivity index (χ4v) is 2.93. The van der Waals surface area contributed by atoms with Crippen LogP contribution >= 0.6 is 0 Å². The van der Waals surface area contributed by atoms with Crippen molar-refractivity contribution >= 4 is 11.8 Å². The van der Waals surface area contributed by atoms with Gasteiger partial charge in [0.15, 0.2) is 0 Å². The third-order valence-electron chi connectivity index (χ3n) is 4.19. The molecule has 126 valence electrons. The molecule has 1 fully saturated rings. The molecule has 1 aliphatic carbocycles. The van der Waals surface area contributed by atoms with E-state index in [1.165, 1.54) is 12.1 Å². The number of amides is 2. The van der Waals surface area contributed by atoms with Crippen LogP contribution in [0.5, 0.6) is 0 Å². The lowest BCUT2D eigenvalue weighted by atomic mass is 10.00. The topological polar surface area (TPSA) is 84.2 Å². The number of halogens is 1. The molecule has 1 aliphatic rings. The summed E-state index contributed by atoms with van der Waals surface area (Å²) in [6.07, 6.45) is 3.68. The molecule has 1 aromatic rings. The second-order valence-corrected chi connectivity index (χ2v) is 6.07. The molecule has 2 rings (SSSR count). The number of benzene rings is 1. The standard InChI is InChI=1S/C17H24FN3O2/c18-14-5-1-3-12(9-14)10-16(22)20-7-8-21-17(23)11-13-4-2-6-15(13)19/h1,3,5,9,13,15H,2,4,6-8,10-11,19H2,(H,20,22)(H,21,23)/t13-,15+/m0/s1. The van der Waals surface area contributed by atoms with Crippen LogP contribution in [0.3, 0.4) is 0 Å². The van der Waals surface area contributed by atoms with Gasteiger partial charge in [-0.2, -0.15) is 0 Å². The van der Waals surface area contributed by atoms with Gasteiger partial charge in [0.1, 0.15) is 5.82 Å². The highest BCUT2D eigenvalue weighted by atomic mass is 19.1. The van der Waals surface area contributed by atoms with Crippen LogP contribution in [0.25, 0.3) is 0 Å². The zero-order valence-electron chi connectivity index (χ0n) is 13.2. The third-order valence-corrected chi connectivity index (χ3v) is 4.19. The van der Waals surface area contributed by atoms with Gasteiger partial charge >= 0.3 is 0 Å². The predicted molar refractivity (Wildman–Crippen MR) is 86.1 cm³/mol. The lowest BCUT2D eigenvalue weighted by Gasteiger charge is -2.14. The Kier molecular flexibility index (Phi) is 6.52. The van der Waals surface area contributed by atoms with Gasteiger partial charge in [-0.05, 0) is 36.5 Å². The molecule has 5 nitrogen and oxygen atoms in total. The molecule has 0 radical (unpaired) electrons. The molecule has 0 aliphatic heterocycles. The molecule has 1 aromatic carbocycles. The smallest absolute Gasteiger partial charge is 0.224 e. The van der Waals surface area contributed by atoms with Gasteiger partial charge in [0, 0.05) is 25.6 Å². The van der Waals surface area contributed by atoms with Crippen molar-refractivity contribution < 1.29 is 14.0 Å². The Hall–Kier alpha value is -1.95. The van der Waals surface area contributed by atoms with Gasteiger partial charge in [0.25, 0.3) is 0 Å². The van der Waals surface area contributed by atoms with Gasteiger partial charge in [-0.1, -0.05) is 18.6 Å². The third kappa shape index (κ3) is 5.98. The molecular formula is C17H24FN3O2. The molecule has 2 amide bonds. The van der Waals surface area contributed by atoms with Crippen LogP contribution in [0.15, 0.2) is 24.3 Å². The summed E-state index contributed by atoms with van der Waals surface area (Å²) in [6, 6.07) is 6.09. The largest absolute Gasteiger partial charge is 0.354 e. The molecule has 0 aromatic heterocycles. The fourth-order valence-electron chi connectivity index (χ4n) is 2.93. The van der Waals surface area contributed by atoms with E-state index < -0.39 is 0 Å². The number of rotatable bonds is 7. The number of carbonyl (C=O) groups is 2. The second-order valence-electron chi connectivity index (χ2n) is 6.07. The molecule has 4 N–H and O–H groups in total. The summed E-state index contributed by atoms with van der Waals surface area (Å²) in [5, 5.41) is 5.50. The number of hydrogen-bond acceptors (Lipinski definition) is 3. The average molecular weight is 321 g/mol. The SMILES string of the molecule is N[C@@H]1CCC[C@H]1CC(=O)NCCNC(=O)Cc1cccc(F)c1. The van der Waals surface area contributed by atoms with Crippen LogP contribution in [0, 0.1) is 11.7 Å². The van der Waals surface area contributed by atoms with E-state index in [1.807, 2.05) is 0 Å². The van der Waals surface area contributed by atoms with E-state index >= 15 is 0 Å². The van der Waals surface area contributed by atoms with Gasteiger partial charge in [0.2, 0.25) is 11.8 Å². The van der Waals surface area contributed by atoms with E-state index in [0.717, 1.165) is 19.3 Å². The first kappa shape index (κ1) is 17.4. The summed E-state index contributed by atoms with van der Waals surface area (Å²) in [7, 11) is 0. The van der Waals surface area contributed by atoms with Gasteiger partial charge < -0.3 is 16.4 Å². The maximum atomic E-state index is 13.0. The van der Waals surface area contributed by atoms with E-state index in [0.29, 0.717) is 25.1 Å². The molecule has 0 heterocycles. The number of nitrogens with two attached hydrogens (primary N) is 1. The van der Waals surface area contributed by atoms with Crippen molar-refractivity contribution in [3.63, 3.8) is 0 Å². The van der Waals surface area contributed by atoms with Gasteiger partial charge in [-0.15, -0.1) is 0 Å². The zero-order valence-corrected chi connectivity index (χ0v) is 13.2. The Bertz CT molecular complexity index is 550. The lowest BCUT2D eigenvalue weighted by molar-refractivity contribution is -0.123. The van der Waals surface area contributed by atoms with Gasteiger partial charge in [-0.25, -0.2) is 4.39 Å². The van der Waals surface area contributed by atoms with Crippen LogP contribution in [0.2, 0.25) is 0 Å². The Labute approximate surface area is 135 Å². The number of carbonyl (C=O) groups excluding carboxylic acids is 2. The molecule has 0 spiro atoms. The first-order valence-corrected chi connectivity index (χ1v) is 8.08. The van der Waals surface area contributed by atoms with Crippen molar-refractivity contribution in [2.75, 3.05) is 13.1 Å². The normalized spacial score (nSPS) is 20.3. The second kappa shape index (κ2) is 8.62. The van der Waals surface area contributed by atoms with Crippen LogP contribution in [0.4, 0.5) is 4.39 Å². The number of hydrogen-bond donors (Lipinski definition) is 3. The van der Waals surface area contributed by atoms with Crippen LogP contribution in [-0.4, -0.2) is 30.9 Å². The lowest BCUT2D eigenvalue weighted by Crippen LogP contribution is -2.37. The maximum absolute atomic E-state index is 13.0. The molecule has 0 bridgehead atoms. The Morgan fingerprint density at radius 3 is 2.57 bits per heavy atom. The minimum absolute atomic E-state index is 0.0215. The molecule has 0 unspecified atom stereocenters. The summed E-state index contributed by atoms with van der Waals surface area (Å²) in [6.45, 7) is 0.742. The molecule has 1 saturated carbocycles. The van der Waals surface area contributed by atoms with E-state index in [4.69, 9.17) is 5.73 Å². The van der Waals surface area contributed by atoms with Gasteiger partial charge in [-0.3, -0.25) is 9.59 Å². The summed E-state index contributed by atoms with van der Waals surface area (Å²) in [5.74, 6) is -0.292. The van der Waals surface area contributed by atoms with Crippen molar-refractivity contribution in [2.45, 2.75) is 38.1 Å². The van der Waals surface area contributed by atoms with Crippen molar-refractivity contribution in [3.8, 4) is 0 Å². The van der Waals surface area contributed by atoms with Crippen LogP contribution in [-0.2, 0) is 16.0 Å². The van der Waals surface area contributed by atoms with E-state index in [1.54, 1.807) is 12.1 Å². The highest BCUT2D eigenvalue weighted by Gasteiger charge is 2.25. The summed E-state index contributed by atoms with van der Waals surface area (Å²) >= 11 is 0. The van der Waals surface area contributed by atoms with Crippen molar-refractivity contribution in [1.82, 2.24) is 10.6 Å². The van der Waals surface area contributed by atoms with Crippen molar-refractivity contribution in [2.24, 2.45) is 11.7 Å². The quantitative estimate of drug-likeness (QED) is 0.658. The number of nitrogens with one attached hydrogen (secondary N) is 2. The minimum atomic E-state index is -0.354. The minimum Gasteiger partial charge on any atom is -0.354 e. The summed E-state index contributed by atoms with van der Waals surface area (Å²) in [4.78, 5) is 23.5. The molecular weight excluding hydrogens is 297 g/mol. The van der Waals surface area contributed by atoms with Gasteiger partial charge in [0.05, 0.1) is 6.42 Å². The first-order valence-electron chi connectivity index (χ1n) is 8.08. The Morgan fingerprint density at radius 1 is 1.17 bits per heavy atom. The van der Waals surface area contributed by atoms with E-state index in [2.05, 4.69) is 10.6 Å². The average Bonchev–Trinajstić information content (AvgIpc) is 2.89. The van der Waals surface area contributed by atoms with Crippen LogP contribution < -0.4 is 16.4 Å². The summed E-state index contributed by atoms with van der Waals surface area (Å²) in [5.41, 5.74) is 6.57. The Morgan fingerprint density at radius 2 is 1.91 bits per heavy atom. The fraction of sp³-hybridized carbons (Fsp3) is 0.529. The molecule has 0 saturated heterocycles. The first-order chi connectivity index (χ1) is 11.0.